The Balaban J connectivity index is 2.67. The predicted molar refractivity (Wildman–Crippen MR) is 75.5 cm³/mol. The summed E-state index contributed by atoms with van der Waals surface area (Å²) in [6.45, 7) is 4.19. The van der Waals surface area contributed by atoms with Crippen molar-refractivity contribution in [3.63, 3.8) is 0 Å². The van der Waals surface area contributed by atoms with Crippen LogP contribution in [0.1, 0.15) is 38.3 Å². The topological polar surface area (TPSA) is 35.2 Å². The first-order valence-electron chi connectivity index (χ1n) is 5.94. The molecule has 96 valence electrons. The lowest BCUT2D eigenvalue weighted by Gasteiger charge is -2.25. The van der Waals surface area contributed by atoms with Gasteiger partial charge < -0.3 is 10.5 Å². The van der Waals surface area contributed by atoms with Crippen molar-refractivity contribution in [2.24, 2.45) is 5.73 Å². The van der Waals surface area contributed by atoms with E-state index in [9.17, 15) is 0 Å². The van der Waals surface area contributed by atoms with Gasteiger partial charge >= 0.3 is 0 Å². The van der Waals surface area contributed by atoms with E-state index >= 15 is 0 Å². The van der Waals surface area contributed by atoms with Gasteiger partial charge in [-0.25, -0.2) is 0 Å². The van der Waals surface area contributed by atoms with Gasteiger partial charge in [-0.3, -0.25) is 0 Å². The predicted octanol–water partition coefficient (Wildman–Crippen LogP) is 3.61. The summed E-state index contributed by atoms with van der Waals surface area (Å²) in [5, 5.41) is 0. The minimum absolute atomic E-state index is 0.0908. The second-order valence-corrected chi connectivity index (χ2v) is 5.70. The fourth-order valence-corrected chi connectivity index (χ4v) is 2.40. The van der Waals surface area contributed by atoms with Crippen molar-refractivity contribution in [1.82, 2.24) is 0 Å². The van der Waals surface area contributed by atoms with Gasteiger partial charge in [-0.1, -0.05) is 18.2 Å². The van der Waals surface area contributed by atoms with Crippen molar-refractivity contribution in [3.8, 4) is 0 Å². The van der Waals surface area contributed by atoms with Crippen LogP contribution in [0, 0.1) is 0 Å². The molecule has 0 saturated heterocycles. The zero-order valence-corrected chi connectivity index (χ0v) is 12.0. The summed E-state index contributed by atoms with van der Waals surface area (Å²) < 4.78 is 5.42. The lowest BCUT2D eigenvalue weighted by molar-refractivity contribution is 0.0124. The second-order valence-electron chi connectivity index (χ2n) is 4.85. The van der Waals surface area contributed by atoms with Crippen molar-refractivity contribution in [2.75, 3.05) is 13.4 Å². The van der Waals surface area contributed by atoms with E-state index in [1.807, 2.05) is 0 Å². The van der Waals surface area contributed by atoms with E-state index in [0.29, 0.717) is 0 Å². The number of hydrogen-bond acceptors (Lipinski definition) is 3. The zero-order chi connectivity index (χ0) is 12.9. The summed E-state index contributed by atoms with van der Waals surface area (Å²) in [7, 11) is 1.75. The highest BCUT2D eigenvalue weighted by Gasteiger charge is 2.19. The van der Waals surface area contributed by atoms with Crippen molar-refractivity contribution in [2.45, 2.75) is 43.2 Å². The van der Waals surface area contributed by atoms with Crippen LogP contribution in [-0.2, 0) is 4.74 Å². The fraction of sp³-hybridized carbons (Fsp3) is 0.571. The minimum atomic E-state index is -0.0913. The quantitative estimate of drug-likeness (QED) is 0.787. The molecule has 2 nitrogen and oxygen atoms in total. The lowest BCUT2D eigenvalue weighted by Crippen LogP contribution is -2.24. The average Bonchev–Trinajstić information content (AvgIpc) is 2.36. The Morgan fingerprint density at radius 3 is 2.59 bits per heavy atom. The third-order valence-electron chi connectivity index (χ3n) is 3.15. The highest BCUT2D eigenvalue weighted by molar-refractivity contribution is 7.98. The summed E-state index contributed by atoms with van der Waals surface area (Å²) >= 11 is 1.75. The SMILES string of the molecule is COC(C)(C)CCC(N)c1ccccc1SC. The first-order valence-corrected chi connectivity index (χ1v) is 7.16. The van der Waals surface area contributed by atoms with Crippen LogP contribution in [0.2, 0.25) is 0 Å². The number of methoxy groups -OCH3 is 1. The fourth-order valence-electron chi connectivity index (χ4n) is 1.73. The molecule has 0 aliphatic carbocycles. The number of hydrogen-bond donors (Lipinski definition) is 1. The number of rotatable bonds is 6. The van der Waals surface area contributed by atoms with Crippen LogP contribution >= 0.6 is 11.8 Å². The molecule has 0 saturated carbocycles. The van der Waals surface area contributed by atoms with Gasteiger partial charge in [0.25, 0.3) is 0 Å². The van der Waals surface area contributed by atoms with Gasteiger partial charge in [0, 0.05) is 18.0 Å². The first kappa shape index (κ1) is 14.6. The van der Waals surface area contributed by atoms with Gasteiger partial charge in [0.2, 0.25) is 0 Å². The molecular formula is C14H23NOS. The minimum Gasteiger partial charge on any atom is -0.379 e. The molecule has 0 amide bonds. The van der Waals surface area contributed by atoms with Gasteiger partial charge in [-0.2, -0.15) is 0 Å². The van der Waals surface area contributed by atoms with E-state index in [1.54, 1.807) is 18.9 Å². The Morgan fingerprint density at radius 2 is 2.00 bits per heavy atom. The molecular weight excluding hydrogens is 230 g/mol. The van der Waals surface area contributed by atoms with Gasteiger partial charge in [0.15, 0.2) is 0 Å². The van der Waals surface area contributed by atoms with Gasteiger partial charge in [-0.15, -0.1) is 11.8 Å². The molecule has 0 aromatic heterocycles. The maximum atomic E-state index is 6.26. The Morgan fingerprint density at radius 1 is 1.35 bits per heavy atom. The Hall–Kier alpha value is -0.510. The molecule has 1 atom stereocenters. The molecule has 0 radical (unpaired) electrons. The van der Waals surface area contributed by atoms with E-state index in [0.717, 1.165) is 12.8 Å². The number of thioether (sulfide) groups is 1. The number of benzene rings is 1. The molecule has 2 N–H and O–H groups in total. The number of nitrogens with two attached hydrogens (primary N) is 1. The highest BCUT2D eigenvalue weighted by Crippen LogP contribution is 2.29. The maximum Gasteiger partial charge on any atom is 0.0623 e. The Bertz CT molecular complexity index is 352. The summed E-state index contributed by atoms with van der Waals surface area (Å²) in [5.41, 5.74) is 7.42. The smallest absolute Gasteiger partial charge is 0.0623 e. The molecule has 0 aliphatic heterocycles. The van der Waals surface area contributed by atoms with Crippen LogP contribution in [0.5, 0.6) is 0 Å². The maximum absolute atomic E-state index is 6.26. The third kappa shape index (κ3) is 4.34. The van der Waals surface area contributed by atoms with Crippen LogP contribution in [0.15, 0.2) is 29.2 Å². The molecule has 1 aromatic rings. The van der Waals surface area contributed by atoms with Crippen LogP contribution in [-0.4, -0.2) is 19.0 Å². The van der Waals surface area contributed by atoms with E-state index in [2.05, 4.69) is 44.4 Å². The van der Waals surface area contributed by atoms with Gasteiger partial charge in [0.1, 0.15) is 0 Å². The van der Waals surface area contributed by atoms with Crippen LogP contribution in [0.25, 0.3) is 0 Å². The van der Waals surface area contributed by atoms with Crippen molar-refractivity contribution >= 4 is 11.8 Å². The summed E-state index contributed by atoms with van der Waals surface area (Å²) in [4.78, 5) is 1.27. The van der Waals surface area contributed by atoms with E-state index in [-0.39, 0.29) is 11.6 Å². The van der Waals surface area contributed by atoms with Crippen LogP contribution in [0.3, 0.4) is 0 Å². The molecule has 17 heavy (non-hydrogen) atoms. The largest absolute Gasteiger partial charge is 0.379 e. The standard InChI is InChI=1S/C14H23NOS/c1-14(2,16-3)10-9-12(15)11-7-5-6-8-13(11)17-4/h5-8,12H,9-10,15H2,1-4H3. The van der Waals surface area contributed by atoms with E-state index in [4.69, 9.17) is 10.5 Å². The lowest BCUT2D eigenvalue weighted by atomic mass is 9.95. The normalized spacial score (nSPS) is 13.7. The van der Waals surface area contributed by atoms with Crippen molar-refractivity contribution < 1.29 is 4.74 Å². The molecule has 1 unspecified atom stereocenters. The highest BCUT2D eigenvalue weighted by atomic mass is 32.2. The molecule has 0 aliphatic rings. The summed E-state index contributed by atoms with van der Waals surface area (Å²) in [6.07, 6.45) is 4.00. The average molecular weight is 253 g/mol. The third-order valence-corrected chi connectivity index (χ3v) is 3.96. The molecule has 1 rings (SSSR count). The molecule has 1 aromatic carbocycles. The first-order chi connectivity index (χ1) is 8.00. The van der Waals surface area contributed by atoms with Crippen LogP contribution in [0.4, 0.5) is 0 Å². The number of ether oxygens (including phenoxy) is 1. The Labute approximate surface area is 109 Å². The second kappa shape index (κ2) is 6.43. The monoisotopic (exact) mass is 253 g/mol. The zero-order valence-electron chi connectivity index (χ0n) is 11.2. The van der Waals surface area contributed by atoms with E-state index < -0.39 is 0 Å². The summed E-state index contributed by atoms with van der Waals surface area (Å²) in [5.74, 6) is 0. The van der Waals surface area contributed by atoms with E-state index in [1.165, 1.54) is 10.5 Å². The van der Waals surface area contributed by atoms with Crippen molar-refractivity contribution in [3.05, 3.63) is 29.8 Å². The van der Waals surface area contributed by atoms with Crippen LogP contribution < -0.4 is 5.73 Å². The molecule has 0 spiro atoms. The van der Waals surface area contributed by atoms with Crippen molar-refractivity contribution in [1.29, 1.82) is 0 Å². The molecule has 0 bridgehead atoms. The molecule has 0 heterocycles. The molecule has 0 fully saturated rings. The molecule has 3 heteroatoms. The Kier molecular flexibility index (Phi) is 5.50. The van der Waals surface area contributed by atoms with Gasteiger partial charge in [0.05, 0.1) is 5.60 Å². The van der Waals surface area contributed by atoms with Gasteiger partial charge in [-0.05, 0) is 44.6 Å². The summed E-state index contributed by atoms with van der Waals surface area (Å²) in [6, 6.07) is 8.45.